The first-order valence-corrected chi connectivity index (χ1v) is 16.3. The van der Waals surface area contributed by atoms with Crippen molar-refractivity contribution in [1.82, 2.24) is 15.5 Å². The topological polar surface area (TPSA) is 125 Å². The Morgan fingerprint density at radius 1 is 1.20 bits per heavy atom. The Morgan fingerprint density at radius 3 is 2.42 bits per heavy atom. The molecule has 40 heavy (non-hydrogen) atoms. The number of likely N-dealkylation sites (tertiary alicyclic amines) is 1. The largest absolute Gasteiger partial charge is 0.446 e. The summed E-state index contributed by atoms with van der Waals surface area (Å²) in [6.07, 6.45) is 5.67. The van der Waals surface area contributed by atoms with Crippen molar-refractivity contribution in [3.8, 4) is 0 Å². The molecule has 2 aliphatic carbocycles. The summed E-state index contributed by atoms with van der Waals surface area (Å²) >= 11 is 5.96. The van der Waals surface area contributed by atoms with E-state index in [1.54, 1.807) is 30.3 Å². The van der Waals surface area contributed by atoms with Gasteiger partial charge in [0.05, 0.1) is 6.16 Å². The van der Waals surface area contributed by atoms with Crippen LogP contribution in [-0.4, -0.2) is 57.7 Å². The highest BCUT2D eigenvalue weighted by atomic mass is 35.5. The number of hydrogen-bond donors (Lipinski definition) is 3. The van der Waals surface area contributed by atoms with Gasteiger partial charge in [0.2, 0.25) is 19.2 Å². The van der Waals surface area contributed by atoms with Crippen LogP contribution in [0.4, 0.5) is 4.79 Å². The molecule has 1 saturated heterocycles. The van der Waals surface area contributed by atoms with Crippen LogP contribution in [0.5, 0.6) is 0 Å². The zero-order valence-corrected chi connectivity index (χ0v) is 25.2. The molecule has 3 aliphatic rings. The molecule has 2 saturated carbocycles. The van der Waals surface area contributed by atoms with Crippen molar-refractivity contribution in [1.29, 1.82) is 0 Å². The zero-order chi connectivity index (χ0) is 29.3. The number of amides is 3. The van der Waals surface area contributed by atoms with Crippen LogP contribution in [0, 0.1) is 11.3 Å². The van der Waals surface area contributed by atoms with Crippen molar-refractivity contribution in [2.75, 3.05) is 6.54 Å². The first-order valence-electron chi connectivity index (χ1n) is 14.1. The van der Waals surface area contributed by atoms with Crippen molar-refractivity contribution >= 4 is 36.9 Å². The Kier molecular flexibility index (Phi) is 9.08. The number of alkyl carbamates (subject to hydrolysis) is 1. The summed E-state index contributed by atoms with van der Waals surface area (Å²) < 4.78 is 19.2. The molecule has 3 N–H and O–H groups in total. The van der Waals surface area contributed by atoms with Gasteiger partial charge in [0.15, 0.2) is 0 Å². The normalized spacial score (nSPS) is 27.0. The van der Waals surface area contributed by atoms with Gasteiger partial charge in [0.25, 0.3) is 0 Å². The van der Waals surface area contributed by atoms with E-state index in [0.29, 0.717) is 36.4 Å². The van der Waals surface area contributed by atoms with Gasteiger partial charge in [0, 0.05) is 17.5 Å². The smallest absolute Gasteiger partial charge is 0.408 e. The van der Waals surface area contributed by atoms with Crippen LogP contribution in [0.3, 0.4) is 0 Å². The van der Waals surface area contributed by atoms with Crippen LogP contribution < -0.4 is 10.6 Å². The first-order chi connectivity index (χ1) is 18.8. The lowest BCUT2D eigenvalue weighted by Gasteiger charge is -2.36. The molecule has 220 valence electrons. The number of halogens is 1. The molecule has 1 aromatic carbocycles. The quantitative estimate of drug-likeness (QED) is 0.267. The molecule has 0 aromatic heterocycles. The number of ether oxygens (including phenoxy) is 1. The fourth-order valence-electron chi connectivity index (χ4n) is 5.89. The second-order valence-electron chi connectivity index (χ2n) is 12.4. The second kappa shape index (κ2) is 11.9. The van der Waals surface area contributed by atoms with E-state index in [0.717, 1.165) is 25.7 Å². The highest BCUT2D eigenvalue weighted by Crippen LogP contribution is 2.70. The third-order valence-corrected chi connectivity index (χ3v) is 11.3. The van der Waals surface area contributed by atoms with Crippen LogP contribution in [0.1, 0.15) is 71.3 Å². The van der Waals surface area contributed by atoms with E-state index in [2.05, 4.69) is 17.2 Å². The first kappa shape index (κ1) is 30.6. The molecule has 11 heteroatoms. The molecule has 5 atom stereocenters. The molecular weight excluding hydrogens is 553 g/mol. The van der Waals surface area contributed by atoms with Crippen LogP contribution >= 0.6 is 19.0 Å². The van der Waals surface area contributed by atoms with Gasteiger partial charge >= 0.3 is 6.09 Å². The predicted octanol–water partition coefficient (Wildman–Crippen LogP) is 5.20. The minimum atomic E-state index is -3.93. The van der Waals surface area contributed by atoms with Crippen LogP contribution in [-0.2, 0) is 25.1 Å². The van der Waals surface area contributed by atoms with Gasteiger partial charge in [-0.3, -0.25) is 14.2 Å². The Morgan fingerprint density at radius 2 is 1.85 bits per heavy atom. The van der Waals surface area contributed by atoms with Gasteiger partial charge in [-0.2, -0.15) is 0 Å². The molecule has 4 rings (SSSR count). The summed E-state index contributed by atoms with van der Waals surface area (Å²) in [6, 6.07) is 4.99. The van der Waals surface area contributed by atoms with Crippen molar-refractivity contribution in [2.24, 2.45) is 11.3 Å². The van der Waals surface area contributed by atoms with Gasteiger partial charge in [-0.25, -0.2) is 4.79 Å². The van der Waals surface area contributed by atoms with Crippen molar-refractivity contribution in [3.63, 3.8) is 0 Å². The van der Waals surface area contributed by atoms with Crippen LogP contribution in [0.15, 0.2) is 36.9 Å². The number of rotatable bonds is 9. The van der Waals surface area contributed by atoms with E-state index in [9.17, 15) is 23.8 Å². The van der Waals surface area contributed by atoms with E-state index < -0.39 is 42.1 Å². The molecule has 1 aromatic rings. The van der Waals surface area contributed by atoms with E-state index in [1.807, 2.05) is 20.8 Å². The summed E-state index contributed by atoms with van der Waals surface area (Å²) in [4.78, 5) is 52.8. The molecule has 1 aliphatic heterocycles. The number of carbonyl (C=O) groups is 3. The van der Waals surface area contributed by atoms with E-state index in [1.165, 1.54) is 4.90 Å². The number of benzene rings is 1. The van der Waals surface area contributed by atoms with Crippen molar-refractivity contribution in [3.05, 3.63) is 47.5 Å². The summed E-state index contributed by atoms with van der Waals surface area (Å²) in [7, 11) is -3.93. The summed E-state index contributed by atoms with van der Waals surface area (Å²) in [5, 5.41) is 4.83. The number of nitrogens with zero attached hydrogens (tertiary/aromatic N) is 1. The Hall–Kier alpha value is -2.35. The lowest BCUT2D eigenvalue weighted by Crippen LogP contribution is -2.58. The molecule has 0 spiro atoms. The maximum absolute atomic E-state index is 13.8. The van der Waals surface area contributed by atoms with Crippen molar-refractivity contribution < 1.29 is 28.6 Å². The third-order valence-electron chi connectivity index (χ3n) is 8.33. The lowest BCUT2D eigenvalue weighted by molar-refractivity contribution is -0.142. The molecule has 3 fully saturated rings. The van der Waals surface area contributed by atoms with Gasteiger partial charge in [-0.15, -0.1) is 6.58 Å². The number of carbonyl (C=O) groups excluding carboxylic acids is 3. The van der Waals surface area contributed by atoms with Crippen LogP contribution in [0.2, 0.25) is 5.02 Å². The molecule has 0 bridgehead atoms. The predicted molar refractivity (Wildman–Crippen MR) is 154 cm³/mol. The minimum absolute atomic E-state index is 0.124. The van der Waals surface area contributed by atoms with E-state index in [-0.39, 0.29) is 24.1 Å². The number of hydrogen-bond acceptors (Lipinski definition) is 5. The lowest BCUT2D eigenvalue weighted by atomic mass is 9.85. The maximum Gasteiger partial charge on any atom is 0.408 e. The van der Waals surface area contributed by atoms with Crippen LogP contribution in [0.25, 0.3) is 0 Å². The van der Waals surface area contributed by atoms with Crippen molar-refractivity contribution in [2.45, 2.75) is 95.3 Å². The highest BCUT2D eigenvalue weighted by Gasteiger charge is 2.65. The highest BCUT2D eigenvalue weighted by molar-refractivity contribution is 7.59. The fourth-order valence-corrected chi connectivity index (χ4v) is 8.39. The monoisotopic (exact) mass is 593 g/mol. The molecule has 9 nitrogen and oxygen atoms in total. The Bertz CT molecular complexity index is 1180. The Labute approximate surface area is 241 Å². The summed E-state index contributed by atoms with van der Waals surface area (Å²) in [5.74, 6) is -1.20. The molecule has 1 heterocycles. The van der Waals surface area contributed by atoms with Gasteiger partial charge < -0.3 is 25.2 Å². The maximum atomic E-state index is 13.8. The van der Waals surface area contributed by atoms with Gasteiger partial charge in [0.1, 0.15) is 23.5 Å². The summed E-state index contributed by atoms with van der Waals surface area (Å²) in [6.45, 7) is 9.70. The number of nitrogens with one attached hydrogen (secondary N) is 2. The van der Waals surface area contributed by atoms with E-state index in [4.69, 9.17) is 16.3 Å². The fraction of sp³-hybridized carbons (Fsp3) is 0.621. The SMILES string of the molecule is C=C[C@@H]1C[C@]1(NC(=O)[C@@H]1CCCN1C(=O)[C@@H](NC(=O)OC1CCCC1)C(C)(C)C)P(=O)(O)Cc1ccc(Cl)cc1. The third kappa shape index (κ3) is 6.58. The average Bonchev–Trinajstić information content (AvgIpc) is 3.21. The zero-order valence-electron chi connectivity index (χ0n) is 23.5. The van der Waals surface area contributed by atoms with E-state index >= 15 is 0 Å². The Balaban J connectivity index is 1.48. The standard InChI is InChI=1S/C29H41ClN3O6P/c1-5-20-17-29(20,40(37,38)18-19-12-14-21(30)15-13-19)32-25(34)23-11-8-16-33(23)26(35)24(28(2,3)4)31-27(36)39-22-9-6-7-10-22/h5,12-15,20,22-24H,1,6-11,16-18H2,2-4H3,(H,31,36)(H,32,34)(H,37,38)/t20-,23+,24-,29+/m1/s1. The summed E-state index contributed by atoms with van der Waals surface area (Å²) in [5.41, 5.74) is 0.000262. The molecule has 1 unspecified atom stereocenters. The minimum Gasteiger partial charge on any atom is -0.446 e. The van der Waals surface area contributed by atoms with Gasteiger partial charge in [-0.1, -0.05) is 50.6 Å². The second-order valence-corrected chi connectivity index (χ2v) is 15.3. The molecule has 3 amide bonds. The van der Waals surface area contributed by atoms with Gasteiger partial charge in [-0.05, 0) is 68.1 Å². The molecular formula is C29H41ClN3O6P. The molecule has 0 radical (unpaired) electrons. The average molecular weight is 594 g/mol.